The number of carbonyl (C=O) groups is 1. The highest BCUT2D eigenvalue weighted by molar-refractivity contribution is 5.70. The van der Waals surface area contributed by atoms with E-state index in [-0.39, 0.29) is 6.61 Å². The van der Waals surface area contributed by atoms with Gasteiger partial charge in [0.1, 0.15) is 0 Å². The lowest BCUT2D eigenvalue weighted by molar-refractivity contribution is -0.142. The number of nitrogens with two attached hydrogens (primary N) is 1. The standard InChI is InChI=1S/C12H17NO3/c1-9(12(14)15)11(13)8-16-7-10-5-3-2-4-6-10/h2-6,9,11H,7-8,13H2,1H3,(H,14,15). The molecule has 0 fully saturated rings. The monoisotopic (exact) mass is 223 g/mol. The molecule has 0 aliphatic heterocycles. The summed E-state index contributed by atoms with van der Waals surface area (Å²) in [7, 11) is 0. The van der Waals surface area contributed by atoms with E-state index in [0.717, 1.165) is 5.56 Å². The molecule has 0 bridgehead atoms. The van der Waals surface area contributed by atoms with Gasteiger partial charge in [-0.2, -0.15) is 0 Å². The molecular weight excluding hydrogens is 206 g/mol. The molecule has 16 heavy (non-hydrogen) atoms. The van der Waals surface area contributed by atoms with Gasteiger partial charge in [0.05, 0.1) is 19.1 Å². The molecule has 0 saturated heterocycles. The number of carboxylic acid groups (broad SMARTS) is 1. The van der Waals surface area contributed by atoms with Gasteiger partial charge in [0.25, 0.3) is 0 Å². The van der Waals surface area contributed by atoms with Crippen LogP contribution in [0.25, 0.3) is 0 Å². The van der Waals surface area contributed by atoms with E-state index in [9.17, 15) is 4.79 Å². The van der Waals surface area contributed by atoms with Gasteiger partial charge in [-0.05, 0) is 5.56 Å². The molecule has 4 heteroatoms. The van der Waals surface area contributed by atoms with Crippen LogP contribution in [0.2, 0.25) is 0 Å². The molecular formula is C12H17NO3. The van der Waals surface area contributed by atoms with Crippen LogP contribution in [0.5, 0.6) is 0 Å². The summed E-state index contributed by atoms with van der Waals surface area (Å²) >= 11 is 0. The Morgan fingerprint density at radius 1 is 1.44 bits per heavy atom. The third-order valence-electron chi connectivity index (χ3n) is 2.45. The number of hydrogen-bond acceptors (Lipinski definition) is 3. The summed E-state index contributed by atoms with van der Waals surface area (Å²) in [4.78, 5) is 10.6. The minimum atomic E-state index is -0.893. The van der Waals surface area contributed by atoms with E-state index < -0.39 is 17.9 Å². The van der Waals surface area contributed by atoms with Gasteiger partial charge >= 0.3 is 5.97 Å². The van der Waals surface area contributed by atoms with Gasteiger partial charge in [0, 0.05) is 6.04 Å². The van der Waals surface area contributed by atoms with Gasteiger partial charge in [0.2, 0.25) is 0 Å². The Hall–Kier alpha value is -1.39. The second kappa shape index (κ2) is 6.25. The van der Waals surface area contributed by atoms with Crippen LogP contribution in [-0.2, 0) is 16.1 Å². The van der Waals surface area contributed by atoms with Crippen LogP contribution in [0.1, 0.15) is 12.5 Å². The zero-order valence-corrected chi connectivity index (χ0v) is 9.30. The number of rotatable bonds is 6. The molecule has 3 N–H and O–H groups in total. The molecule has 2 atom stereocenters. The SMILES string of the molecule is CC(C(=O)O)C(N)COCc1ccccc1. The van der Waals surface area contributed by atoms with Crippen LogP contribution in [0.4, 0.5) is 0 Å². The van der Waals surface area contributed by atoms with Crippen LogP contribution in [-0.4, -0.2) is 23.7 Å². The van der Waals surface area contributed by atoms with Crippen molar-refractivity contribution in [2.24, 2.45) is 11.7 Å². The first kappa shape index (κ1) is 12.7. The van der Waals surface area contributed by atoms with Crippen molar-refractivity contribution in [1.82, 2.24) is 0 Å². The predicted octanol–water partition coefficient (Wildman–Crippen LogP) is 1.25. The average Bonchev–Trinajstić information content (AvgIpc) is 2.29. The summed E-state index contributed by atoms with van der Waals surface area (Å²) in [6.45, 7) is 2.29. The van der Waals surface area contributed by atoms with E-state index in [1.807, 2.05) is 30.3 Å². The fraction of sp³-hybridized carbons (Fsp3) is 0.417. The maximum atomic E-state index is 10.6. The zero-order chi connectivity index (χ0) is 12.0. The summed E-state index contributed by atoms with van der Waals surface area (Å²) in [5.74, 6) is -1.48. The van der Waals surface area contributed by atoms with E-state index in [1.54, 1.807) is 6.92 Å². The topological polar surface area (TPSA) is 72.5 Å². The van der Waals surface area contributed by atoms with Gasteiger partial charge in [0.15, 0.2) is 0 Å². The van der Waals surface area contributed by atoms with Gasteiger partial charge in [-0.3, -0.25) is 4.79 Å². The molecule has 0 amide bonds. The molecule has 1 aromatic carbocycles. The normalized spacial score (nSPS) is 14.4. The van der Waals surface area contributed by atoms with Crippen LogP contribution < -0.4 is 5.73 Å². The largest absolute Gasteiger partial charge is 0.481 e. The van der Waals surface area contributed by atoms with E-state index in [0.29, 0.717) is 6.61 Å². The average molecular weight is 223 g/mol. The van der Waals surface area contributed by atoms with E-state index in [4.69, 9.17) is 15.6 Å². The number of carboxylic acids is 1. The Morgan fingerprint density at radius 3 is 2.62 bits per heavy atom. The molecule has 0 saturated carbocycles. The number of aliphatic carboxylic acids is 1. The Balaban J connectivity index is 2.28. The third kappa shape index (κ3) is 4.00. The summed E-state index contributed by atoms with van der Waals surface area (Å²) in [5, 5.41) is 8.73. The first-order valence-electron chi connectivity index (χ1n) is 5.21. The fourth-order valence-corrected chi connectivity index (χ4v) is 1.21. The molecule has 0 spiro atoms. The highest BCUT2D eigenvalue weighted by atomic mass is 16.5. The van der Waals surface area contributed by atoms with Crippen LogP contribution in [0.3, 0.4) is 0 Å². The summed E-state index contributed by atoms with van der Waals surface area (Å²) in [5.41, 5.74) is 6.73. The number of ether oxygens (including phenoxy) is 1. The highest BCUT2D eigenvalue weighted by Gasteiger charge is 2.19. The lowest BCUT2D eigenvalue weighted by Gasteiger charge is -2.15. The molecule has 4 nitrogen and oxygen atoms in total. The minimum Gasteiger partial charge on any atom is -0.481 e. The lowest BCUT2D eigenvalue weighted by Crippen LogP contribution is -2.37. The van der Waals surface area contributed by atoms with Crippen molar-refractivity contribution >= 4 is 5.97 Å². The quantitative estimate of drug-likeness (QED) is 0.761. The molecule has 2 unspecified atom stereocenters. The second-order valence-corrected chi connectivity index (χ2v) is 3.79. The van der Waals surface area contributed by atoms with Gasteiger partial charge in [-0.25, -0.2) is 0 Å². The maximum absolute atomic E-state index is 10.6. The molecule has 0 heterocycles. The zero-order valence-electron chi connectivity index (χ0n) is 9.30. The van der Waals surface area contributed by atoms with Crippen molar-refractivity contribution in [3.63, 3.8) is 0 Å². The fourth-order valence-electron chi connectivity index (χ4n) is 1.21. The van der Waals surface area contributed by atoms with Crippen molar-refractivity contribution in [2.45, 2.75) is 19.6 Å². The smallest absolute Gasteiger partial charge is 0.307 e. The highest BCUT2D eigenvalue weighted by Crippen LogP contribution is 2.04. The summed E-state index contributed by atoms with van der Waals surface area (Å²) in [6, 6.07) is 9.22. The van der Waals surface area contributed by atoms with Crippen molar-refractivity contribution in [3.8, 4) is 0 Å². The van der Waals surface area contributed by atoms with Gasteiger partial charge in [-0.15, -0.1) is 0 Å². The Kier molecular flexibility index (Phi) is 4.95. The Morgan fingerprint density at radius 2 is 2.06 bits per heavy atom. The molecule has 1 aromatic rings. The van der Waals surface area contributed by atoms with Crippen LogP contribution in [0.15, 0.2) is 30.3 Å². The van der Waals surface area contributed by atoms with E-state index >= 15 is 0 Å². The molecule has 0 aromatic heterocycles. The summed E-state index contributed by atoms with van der Waals surface area (Å²) in [6.07, 6.45) is 0. The Labute approximate surface area is 95.0 Å². The van der Waals surface area contributed by atoms with Crippen LogP contribution in [0, 0.1) is 5.92 Å². The summed E-state index contributed by atoms with van der Waals surface area (Å²) < 4.78 is 5.36. The van der Waals surface area contributed by atoms with Crippen LogP contribution >= 0.6 is 0 Å². The van der Waals surface area contributed by atoms with E-state index in [2.05, 4.69) is 0 Å². The second-order valence-electron chi connectivity index (χ2n) is 3.79. The van der Waals surface area contributed by atoms with Crippen molar-refractivity contribution in [2.75, 3.05) is 6.61 Å². The van der Waals surface area contributed by atoms with Crippen molar-refractivity contribution in [3.05, 3.63) is 35.9 Å². The lowest BCUT2D eigenvalue weighted by atomic mass is 10.0. The van der Waals surface area contributed by atoms with Gasteiger partial charge < -0.3 is 15.6 Å². The molecule has 0 aliphatic rings. The third-order valence-corrected chi connectivity index (χ3v) is 2.45. The van der Waals surface area contributed by atoms with Crippen molar-refractivity contribution in [1.29, 1.82) is 0 Å². The molecule has 88 valence electrons. The minimum absolute atomic E-state index is 0.252. The number of benzene rings is 1. The maximum Gasteiger partial charge on any atom is 0.307 e. The van der Waals surface area contributed by atoms with Gasteiger partial charge in [-0.1, -0.05) is 37.3 Å². The first-order valence-corrected chi connectivity index (χ1v) is 5.21. The first-order chi connectivity index (χ1) is 7.61. The number of hydrogen-bond donors (Lipinski definition) is 2. The molecule has 0 radical (unpaired) electrons. The predicted molar refractivity (Wildman–Crippen MR) is 60.9 cm³/mol. The molecule has 0 aliphatic carbocycles. The Bertz CT molecular complexity index is 326. The van der Waals surface area contributed by atoms with E-state index in [1.165, 1.54) is 0 Å². The molecule has 1 rings (SSSR count). The van der Waals surface area contributed by atoms with Crippen molar-refractivity contribution < 1.29 is 14.6 Å².